The first-order valence-electron chi connectivity index (χ1n) is 18.3. The molecule has 262 valence electrons. The lowest BCUT2D eigenvalue weighted by atomic mass is 10.0. The highest BCUT2D eigenvalue weighted by Crippen LogP contribution is 2.25. The predicted molar refractivity (Wildman–Crippen MR) is 175 cm³/mol. The van der Waals surface area contributed by atoms with E-state index in [0.717, 1.165) is 32.1 Å². The summed E-state index contributed by atoms with van der Waals surface area (Å²) >= 11 is 0. The van der Waals surface area contributed by atoms with Crippen molar-refractivity contribution in [1.82, 2.24) is 0 Å². The van der Waals surface area contributed by atoms with Gasteiger partial charge in [-0.3, -0.25) is 9.59 Å². The van der Waals surface area contributed by atoms with Gasteiger partial charge in [0.1, 0.15) is 6.61 Å². The molecule has 0 spiro atoms. The van der Waals surface area contributed by atoms with Crippen LogP contribution in [-0.4, -0.2) is 31.3 Å². The number of carbonyl (C=O) groups excluding carboxylic acids is 2. The number of phosphoric acid groups is 1. The number of ether oxygens (including phenoxy) is 2. The molecule has 44 heavy (non-hydrogen) atoms. The number of phosphoric ester groups is 1. The van der Waals surface area contributed by atoms with E-state index in [1.807, 2.05) is 0 Å². The van der Waals surface area contributed by atoms with Crippen LogP contribution >= 0.6 is 7.82 Å². The van der Waals surface area contributed by atoms with Crippen LogP contribution in [0, 0.1) is 0 Å². The highest BCUT2D eigenvalue weighted by atomic mass is 31.2. The monoisotopic (exact) mass is 646 g/mol. The van der Waals surface area contributed by atoms with Crippen LogP contribution in [0.25, 0.3) is 0 Å². The van der Waals surface area contributed by atoms with Gasteiger partial charge in [-0.1, -0.05) is 168 Å². The Hall–Kier alpha value is -0.950. The lowest BCUT2D eigenvalue weighted by Gasteiger charge is -2.30. The molecule has 0 saturated heterocycles. The summed E-state index contributed by atoms with van der Waals surface area (Å²) in [6.07, 6.45) is 30.6. The van der Waals surface area contributed by atoms with Gasteiger partial charge in [0.05, 0.1) is 14.4 Å². The van der Waals surface area contributed by atoms with Gasteiger partial charge in [0.15, 0.2) is 6.10 Å². The average Bonchev–Trinajstić information content (AvgIpc) is 2.98. The predicted octanol–water partition coefficient (Wildman–Crippen LogP) is 9.25. The van der Waals surface area contributed by atoms with Gasteiger partial charge in [-0.25, -0.2) is 0 Å². The van der Waals surface area contributed by atoms with Crippen molar-refractivity contribution in [2.24, 2.45) is 0 Å². The molecule has 0 aliphatic rings. The third-order valence-electron chi connectivity index (χ3n) is 8.12. The number of carbonyl (C=O) groups is 2. The lowest BCUT2D eigenvalue weighted by molar-refractivity contribution is -0.343. The summed E-state index contributed by atoms with van der Waals surface area (Å²) in [5.41, 5.74) is 0. The molecule has 0 fully saturated rings. The average molecular weight is 647 g/mol. The molecule has 0 aliphatic carbocycles. The lowest BCUT2D eigenvalue weighted by Crippen LogP contribution is -2.31. The summed E-state index contributed by atoms with van der Waals surface area (Å²) in [5, 5.41) is 0. The molecule has 0 aromatic heterocycles. The first kappa shape index (κ1) is 43.0. The van der Waals surface area contributed by atoms with Crippen LogP contribution in [0.1, 0.15) is 194 Å². The Bertz CT molecular complexity index is 696. The van der Waals surface area contributed by atoms with Crippen LogP contribution in [0.15, 0.2) is 0 Å². The molecular weight excluding hydrogens is 579 g/mol. The number of hydrogen-bond acceptors (Lipinski definition) is 8. The number of esters is 2. The quantitative estimate of drug-likeness (QED) is 0.0385. The van der Waals surface area contributed by atoms with Gasteiger partial charge in [-0.2, -0.15) is 0 Å². The van der Waals surface area contributed by atoms with E-state index in [1.54, 1.807) is 0 Å². The molecule has 9 heteroatoms. The summed E-state index contributed by atoms with van der Waals surface area (Å²) in [5.74, 6) is -0.945. The highest BCUT2D eigenvalue weighted by molar-refractivity contribution is 7.43. The van der Waals surface area contributed by atoms with E-state index in [9.17, 15) is 23.9 Å². The number of hydrogen-bond donors (Lipinski definition) is 0. The summed E-state index contributed by atoms with van der Waals surface area (Å²) in [7, 11) is -5.24. The second-order valence-electron chi connectivity index (χ2n) is 12.5. The molecule has 1 atom stereocenters. The van der Waals surface area contributed by atoms with E-state index in [2.05, 4.69) is 18.4 Å². The van der Waals surface area contributed by atoms with E-state index in [4.69, 9.17) is 9.47 Å². The first-order valence-corrected chi connectivity index (χ1v) is 19.8. The fourth-order valence-electron chi connectivity index (χ4n) is 5.37. The first-order chi connectivity index (χ1) is 21.3. The molecular formula is C35H67O8P-2. The third kappa shape index (κ3) is 33.9. The summed E-state index contributed by atoms with van der Waals surface area (Å²) in [6, 6.07) is 0. The number of rotatable bonds is 34. The third-order valence-corrected chi connectivity index (χ3v) is 8.58. The Morgan fingerprint density at radius 2 is 0.818 bits per heavy atom. The van der Waals surface area contributed by atoms with E-state index >= 15 is 0 Å². The van der Waals surface area contributed by atoms with Crippen LogP contribution in [0.2, 0.25) is 0 Å². The fraction of sp³-hybridized carbons (Fsp3) is 0.943. The highest BCUT2D eigenvalue weighted by Gasteiger charge is 2.18. The van der Waals surface area contributed by atoms with Crippen LogP contribution in [-0.2, 0) is 28.2 Å². The van der Waals surface area contributed by atoms with Crippen LogP contribution in [0.3, 0.4) is 0 Å². The zero-order chi connectivity index (χ0) is 32.6. The van der Waals surface area contributed by atoms with Crippen molar-refractivity contribution < 1.29 is 37.9 Å². The Morgan fingerprint density at radius 1 is 0.500 bits per heavy atom. The molecule has 0 aromatic rings. The summed E-state index contributed by atoms with van der Waals surface area (Å²) in [4.78, 5) is 46.3. The van der Waals surface area contributed by atoms with Gasteiger partial charge < -0.3 is 28.3 Å². The van der Waals surface area contributed by atoms with Crippen LogP contribution < -0.4 is 9.79 Å². The van der Waals surface area contributed by atoms with E-state index in [0.29, 0.717) is 12.8 Å². The minimum Gasteiger partial charge on any atom is -0.790 e. The van der Waals surface area contributed by atoms with Gasteiger partial charge in [-0.15, -0.1) is 0 Å². The normalized spacial score (nSPS) is 12.4. The minimum absolute atomic E-state index is 0.188. The SMILES string of the molecule is CCCCCCCCCCCCCCCC(=O)OC[C@H](COP(=O)([O-])[O-])OC(=O)CCCCCCCCCCCCCCC. The van der Waals surface area contributed by atoms with Crippen molar-refractivity contribution in [2.45, 2.75) is 200 Å². The molecule has 0 amide bonds. The maximum Gasteiger partial charge on any atom is 0.306 e. The molecule has 0 rings (SSSR count). The largest absolute Gasteiger partial charge is 0.790 e. The molecule has 8 nitrogen and oxygen atoms in total. The summed E-state index contributed by atoms with van der Waals surface area (Å²) in [6.45, 7) is 3.49. The van der Waals surface area contributed by atoms with E-state index < -0.39 is 32.5 Å². The Balaban J connectivity index is 3.94. The molecule has 0 heterocycles. The second-order valence-corrected chi connectivity index (χ2v) is 13.7. The molecule has 0 aliphatic heterocycles. The smallest absolute Gasteiger partial charge is 0.306 e. The molecule has 0 saturated carbocycles. The zero-order valence-corrected chi connectivity index (χ0v) is 29.4. The van der Waals surface area contributed by atoms with Gasteiger partial charge in [0, 0.05) is 12.8 Å². The molecule has 0 radical (unpaired) electrons. The van der Waals surface area contributed by atoms with E-state index in [1.165, 1.54) is 122 Å². The maximum atomic E-state index is 12.3. The Morgan fingerprint density at radius 3 is 1.16 bits per heavy atom. The van der Waals surface area contributed by atoms with Crippen molar-refractivity contribution in [1.29, 1.82) is 0 Å². The Labute approximate surface area is 270 Å². The molecule has 0 unspecified atom stereocenters. The minimum atomic E-state index is -5.24. The fourth-order valence-corrected chi connectivity index (χ4v) is 5.72. The van der Waals surface area contributed by atoms with E-state index in [-0.39, 0.29) is 19.4 Å². The topological polar surface area (TPSA) is 125 Å². The van der Waals surface area contributed by atoms with Gasteiger partial charge in [-0.05, 0) is 12.8 Å². The molecule has 0 aromatic carbocycles. The van der Waals surface area contributed by atoms with Crippen LogP contribution in [0.4, 0.5) is 0 Å². The van der Waals surface area contributed by atoms with Crippen molar-refractivity contribution in [2.75, 3.05) is 13.2 Å². The van der Waals surface area contributed by atoms with Crippen molar-refractivity contribution in [3.8, 4) is 0 Å². The standard InChI is InChI=1S/C35H69O8P/c1-3-5-7-9-11-13-15-17-19-21-23-25-27-29-34(36)41-31-33(32-42-44(38,39)40)43-35(37)30-28-26-24-22-20-18-16-14-12-10-8-6-4-2/h33H,3-32H2,1-2H3,(H2,38,39,40)/p-2/t33-/m1/s1. The van der Waals surface area contributed by atoms with Gasteiger partial charge >= 0.3 is 11.9 Å². The van der Waals surface area contributed by atoms with Crippen molar-refractivity contribution in [3.63, 3.8) is 0 Å². The van der Waals surface area contributed by atoms with Crippen molar-refractivity contribution >= 4 is 19.8 Å². The molecule has 0 bridgehead atoms. The summed E-state index contributed by atoms with van der Waals surface area (Å²) < 4.78 is 25.7. The zero-order valence-electron chi connectivity index (χ0n) is 28.5. The maximum absolute atomic E-state index is 12.3. The van der Waals surface area contributed by atoms with Gasteiger partial charge in [0.25, 0.3) is 0 Å². The van der Waals surface area contributed by atoms with Crippen molar-refractivity contribution in [3.05, 3.63) is 0 Å². The number of unbranched alkanes of at least 4 members (excludes halogenated alkanes) is 24. The van der Waals surface area contributed by atoms with Gasteiger partial charge in [0.2, 0.25) is 0 Å². The van der Waals surface area contributed by atoms with Crippen LogP contribution in [0.5, 0.6) is 0 Å². The second kappa shape index (κ2) is 32.0. The Kier molecular flexibility index (Phi) is 31.3. The molecule has 0 N–H and O–H groups in total.